The second kappa shape index (κ2) is 9.03. The number of rotatable bonds is 7. The fourth-order valence-electron chi connectivity index (χ4n) is 4.67. The molecule has 1 fully saturated rings. The summed E-state index contributed by atoms with van der Waals surface area (Å²) in [5.41, 5.74) is 2.87. The Balaban J connectivity index is 1.70. The van der Waals surface area contributed by atoms with Crippen LogP contribution in [0.1, 0.15) is 36.8 Å². The molecule has 0 atom stereocenters. The minimum absolute atomic E-state index is 0.215. The van der Waals surface area contributed by atoms with Crippen molar-refractivity contribution in [1.82, 2.24) is 9.47 Å². The van der Waals surface area contributed by atoms with Gasteiger partial charge >= 0.3 is 5.76 Å². The standard InChI is InChI=1S/C25H31N3O5S/c1-17-7-8-18(2)22(15-17)34(31,32)25(11-5-6-12-25)23(29)26-19-9-10-21-20(16-19)28(24(30)33-21)14-13-27(3)4/h7-10,15-16H,5-6,11-14H2,1-4H3,(H,26,29). The highest BCUT2D eigenvalue weighted by atomic mass is 32.2. The van der Waals surface area contributed by atoms with Gasteiger partial charge in [-0.3, -0.25) is 9.36 Å². The monoisotopic (exact) mass is 485 g/mol. The molecule has 1 saturated carbocycles. The number of benzene rings is 2. The van der Waals surface area contributed by atoms with Gasteiger partial charge in [-0.1, -0.05) is 25.0 Å². The molecule has 4 rings (SSSR count). The highest BCUT2D eigenvalue weighted by Crippen LogP contribution is 2.42. The van der Waals surface area contributed by atoms with Crippen molar-refractivity contribution < 1.29 is 17.6 Å². The SMILES string of the molecule is Cc1ccc(C)c(S(=O)(=O)C2(C(=O)Nc3ccc4oc(=O)n(CCN(C)C)c4c3)CCCC2)c1. The number of aromatic nitrogens is 1. The van der Waals surface area contributed by atoms with Crippen molar-refractivity contribution in [2.75, 3.05) is 26.0 Å². The molecule has 0 bridgehead atoms. The van der Waals surface area contributed by atoms with E-state index in [1.807, 2.05) is 32.0 Å². The predicted molar refractivity (Wildman–Crippen MR) is 132 cm³/mol. The van der Waals surface area contributed by atoms with Crippen molar-refractivity contribution in [3.63, 3.8) is 0 Å². The van der Waals surface area contributed by atoms with Gasteiger partial charge in [0.1, 0.15) is 0 Å². The first-order chi connectivity index (χ1) is 16.0. The molecule has 8 nitrogen and oxygen atoms in total. The minimum atomic E-state index is -3.93. The first-order valence-electron chi connectivity index (χ1n) is 11.5. The number of anilines is 1. The molecule has 1 aromatic heterocycles. The predicted octanol–water partition coefficient (Wildman–Crippen LogP) is 3.50. The molecule has 2 aromatic carbocycles. The molecule has 1 heterocycles. The number of likely N-dealkylation sites (N-methyl/N-ethyl adjacent to an activating group) is 1. The summed E-state index contributed by atoms with van der Waals surface area (Å²) in [5.74, 6) is -0.999. The number of oxazole rings is 1. The number of carbonyl (C=O) groups excluding carboxylic acids is 1. The number of hydrogen-bond acceptors (Lipinski definition) is 6. The topological polar surface area (TPSA) is 102 Å². The van der Waals surface area contributed by atoms with Crippen LogP contribution in [-0.2, 0) is 21.2 Å². The molecule has 0 aliphatic heterocycles. The van der Waals surface area contributed by atoms with Crippen molar-refractivity contribution in [2.45, 2.75) is 55.7 Å². The van der Waals surface area contributed by atoms with E-state index in [0.717, 1.165) is 5.56 Å². The molecule has 0 saturated heterocycles. The number of amides is 1. The fraction of sp³-hybridized carbons (Fsp3) is 0.440. The quantitative estimate of drug-likeness (QED) is 0.550. The summed E-state index contributed by atoms with van der Waals surface area (Å²) in [4.78, 5) is 28.1. The minimum Gasteiger partial charge on any atom is -0.408 e. The van der Waals surface area contributed by atoms with Crippen molar-refractivity contribution in [3.05, 3.63) is 58.1 Å². The second-order valence-corrected chi connectivity index (χ2v) is 11.7. The van der Waals surface area contributed by atoms with E-state index in [4.69, 9.17) is 4.42 Å². The van der Waals surface area contributed by atoms with Crippen LogP contribution in [0.2, 0.25) is 0 Å². The molecular formula is C25H31N3O5S. The Bertz CT molecular complexity index is 1400. The highest BCUT2D eigenvalue weighted by molar-refractivity contribution is 7.93. The lowest BCUT2D eigenvalue weighted by Gasteiger charge is -2.28. The first-order valence-corrected chi connectivity index (χ1v) is 12.9. The van der Waals surface area contributed by atoms with E-state index >= 15 is 0 Å². The van der Waals surface area contributed by atoms with Crippen LogP contribution in [0.25, 0.3) is 11.1 Å². The summed E-state index contributed by atoms with van der Waals surface area (Å²) in [6.45, 7) is 4.67. The van der Waals surface area contributed by atoms with Crippen LogP contribution in [0.4, 0.5) is 5.69 Å². The van der Waals surface area contributed by atoms with Crippen molar-refractivity contribution >= 4 is 32.5 Å². The van der Waals surface area contributed by atoms with Gasteiger partial charge in [0.05, 0.1) is 10.4 Å². The van der Waals surface area contributed by atoms with Gasteiger partial charge in [-0.25, -0.2) is 13.2 Å². The zero-order valence-corrected chi connectivity index (χ0v) is 20.9. The summed E-state index contributed by atoms with van der Waals surface area (Å²) in [5, 5.41) is 2.84. The van der Waals surface area contributed by atoms with Crippen LogP contribution in [-0.4, -0.2) is 49.2 Å². The van der Waals surface area contributed by atoms with Crippen LogP contribution < -0.4 is 11.1 Å². The Morgan fingerprint density at radius 3 is 2.50 bits per heavy atom. The van der Waals surface area contributed by atoms with E-state index in [9.17, 15) is 18.0 Å². The van der Waals surface area contributed by atoms with E-state index in [0.29, 0.717) is 48.3 Å². The third kappa shape index (κ3) is 4.18. The van der Waals surface area contributed by atoms with Crippen molar-refractivity contribution in [2.24, 2.45) is 0 Å². The zero-order valence-electron chi connectivity index (χ0n) is 20.1. The van der Waals surface area contributed by atoms with Gasteiger partial charge in [0, 0.05) is 18.8 Å². The number of fused-ring (bicyclic) bond motifs is 1. The van der Waals surface area contributed by atoms with Gasteiger partial charge in [-0.2, -0.15) is 0 Å². The summed E-state index contributed by atoms with van der Waals surface area (Å²) in [7, 11) is -0.103. The maximum atomic E-state index is 13.9. The normalized spacial score (nSPS) is 15.8. The fourth-order valence-corrected chi connectivity index (χ4v) is 7.04. The largest absolute Gasteiger partial charge is 0.419 e. The van der Waals surface area contributed by atoms with Crippen molar-refractivity contribution in [3.8, 4) is 0 Å². The number of nitrogens with zero attached hydrogens (tertiary/aromatic N) is 2. The third-order valence-electron chi connectivity index (χ3n) is 6.67. The lowest BCUT2D eigenvalue weighted by molar-refractivity contribution is -0.118. The van der Waals surface area contributed by atoms with Gasteiger partial charge in [0.25, 0.3) is 0 Å². The molecule has 1 aliphatic carbocycles. The van der Waals surface area contributed by atoms with Crippen LogP contribution in [0.5, 0.6) is 0 Å². The number of aryl methyl sites for hydroxylation is 2. The average molecular weight is 486 g/mol. The van der Waals surface area contributed by atoms with Gasteiger partial charge in [-0.15, -0.1) is 0 Å². The molecule has 34 heavy (non-hydrogen) atoms. The summed E-state index contributed by atoms with van der Waals surface area (Å²) in [6.07, 6.45) is 1.89. The van der Waals surface area contributed by atoms with Crippen LogP contribution in [0.3, 0.4) is 0 Å². The van der Waals surface area contributed by atoms with E-state index in [1.165, 1.54) is 4.57 Å². The zero-order chi connectivity index (χ0) is 24.7. The second-order valence-electron chi connectivity index (χ2n) is 9.43. The molecule has 1 N–H and O–H groups in total. The highest BCUT2D eigenvalue weighted by Gasteiger charge is 2.53. The Morgan fingerprint density at radius 2 is 1.82 bits per heavy atom. The Morgan fingerprint density at radius 1 is 1.12 bits per heavy atom. The lowest BCUT2D eigenvalue weighted by atomic mass is 10.1. The molecule has 0 unspecified atom stereocenters. The van der Waals surface area contributed by atoms with Gasteiger partial charge < -0.3 is 14.6 Å². The number of hydrogen-bond donors (Lipinski definition) is 1. The summed E-state index contributed by atoms with van der Waals surface area (Å²) < 4.78 is 33.0. The van der Waals surface area contributed by atoms with Gasteiger partial charge in [-0.05, 0) is 76.2 Å². The maximum Gasteiger partial charge on any atom is 0.419 e. The van der Waals surface area contributed by atoms with E-state index < -0.39 is 26.2 Å². The lowest BCUT2D eigenvalue weighted by Crippen LogP contribution is -2.47. The molecule has 1 amide bonds. The van der Waals surface area contributed by atoms with Crippen molar-refractivity contribution in [1.29, 1.82) is 0 Å². The number of sulfone groups is 1. The summed E-state index contributed by atoms with van der Waals surface area (Å²) >= 11 is 0. The van der Waals surface area contributed by atoms with E-state index in [-0.39, 0.29) is 17.7 Å². The van der Waals surface area contributed by atoms with Gasteiger partial charge in [0.2, 0.25) is 5.91 Å². The Kier molecular flexibility index (Phi) is 6.44. The molecule has 1 aliphatic rings. The molecule has 3 aromatic rings. The van der Waals surface area contributed by atoms with E-state index in [2.05, 4.69) is 5.32 Å². The van der Waals surface area contributed by atoms with Crippen LogP contribution >= 0.6 is 0 Å². The Hall–Kier alpha value is -2.91. The number of nitrogens with one attached hydrogen (secondary N) is 1. The molecule has 9 heteroatoms. The third-order valence-corrected chi connectivity index (χ3v) is 9.31. The smallest absolute Gasteiger partial charge is 0.408 e. The van der Waals surface area contributed by atoms with Gasteiger partial charge in [0.15, 0.2) is 20.2 Å². The first kappa shape index (κ1) is 24.2. The van der Waals surface area contributed by atoms with Crippen LogP contribution in [0.15, 0.2) is 50.5 Å². The Labute approximate surface area is 199 Å². The van der Waals surface area contributed by atoms with Crippen LogP contribution in [0, 0.1) is 13.8 Å². The van der Waals surface area contributed by atoms with E-state index in [1.54, 1.807) is 37.3 Å². The average Bonchev–Trinajstić information content (AvgIpc) is 3.39. The molecule has 0 radical (unpaired) electrons. The molecular weight excluding hydrogens is 454 g/mol. The molecule has 182 valence electrons. The summed E-state index contributed by atoms with van der Waals surface area (Å²) in [6, 6.07) is 10.2. The maximum absolute atomic E-state index is 13.9. The number of carbonyl (C=O) groups is 1. The molecule has 0 spiro atoms.